The predicted molar refractivity (Wildman–Crippen MR) is 91.0 cm³/mol. The van der Waals surface area contributed by atoms with Crippen LogP contribution in [0.4, 0.5) is 0 Å². The predicted octanol–water partition coefficient (Wildman–Crippen LogP) is 5.68. The van der Waals surface area contributed by atoms with Crippen LogP contribution in [-0.4, -0.2) is 10.5 Å². The molecule has 0 spiro atoms. The quantitative estimate of drug-likeness (QED) is 0.545. The Labute approximate surface area is 146 Å². The molecule has 0 unspecified atom stereocenters. The van der Waals surface area contributed by atoms with Gasteiger partial charge in [-0.2, -0.15) is 0 Å². The summed E-state index contributed by atoms with van der Waals surface area (Å²) in [6.45, 7) is 3.72. The van der Waals surface area contributed by atoms with E-state index in [4.69, 9.17) is 23.2 Å². The molecule has 0 saturated heterocycles. The summed E-state index contributed by atoms with van der Waals surface area (Å²) in [5, 5.41) is -1.31. The van der Waals surface area contributed by atoms with Gasteiger partial charge in [-0.3, -0.25) is 9.59 Å². The van der Waals surface area contributed by atoms with Crippen molar-refractivity contribution in [1.29, 1.82) is 0 Å². The Morgan fingerprint density at radius 3 is 1.82 bits per heavy atom. The van der Waals surface area contributed by atoms with E-state index >= 15 is 0 Å². The van der Waals surface area contributed by atoms with Crippen molar-refractivity contribution in [2.24, 2.45) is 0 Å². The van der Waals surface area contributed by atoms with Gasteiger partial charge in [0, 0.05) is 19.6 Å². The molecule has 0 aliphatic carbocycles. The van der Waals surface area contributed by atoms with Gasteiger partial charge in [0.05, 0.1) is 11.1 Å². The Morgan fingerprint density at radius 2 is 1.32 bits per heavy atom. The monoisotopic (exact) mass is 368 g/mol. The summed E-state index contributed by atoms with van der Waals surface area (Å²) in [7, 11) is 0. The summed E-state index contributed by atoms with van der Waals surface area (Å²) >= 11 is 14.5. The zero-order chi connectivity index (χ0) is 16.0. The first-order valence-electron chi connectivity index (χ1n) is 6.43. The summed E-state index contributed by atoms with van der Waals surface area (Å²) in [4.78, 5) is 27.6. The van der Waals surface area contributed by atoms with Crippen molar-refractivity contribution in [3.8, 4) is 0 Å². The highest BCUT2D eigenvalue weighted by Gasteiger charge is 2.30. The van der Waals surface area contributed by atoms with E-state index in [0.717, 1.165) is 25.1 Å². The Morgan fingerprint density at radius 1 is 0.818 bits per heavy atom. The van der Waals surface area contributed by atoms with E-state index in [9.17, 15) is 9.59 Å². The third-order valence-corrected chi connectivity index (χ3v) is 6.74. The van der Waals surface area contributed by atoms with Crippen molar-refractivity contribution in [3.05, 3.63) is 46.5 Å². The number of hydrogen-bond donors (Lipinski definition) is 0. The van der Waals surface area contributed by atoms with E-state index in [0.29, 0.717) is 5.56 Å². The second kappa shape index (κ2) is 5.93. The molecule has 1 heterocycles. The van der Waals surface area contributed by atoms with Crippen molar-refractivity contribution < 1.29 is 9.59 Å². The van der Waals surface area contributed by atoms with Crippen molar-refractivity contribution >= 4 is 57.2 Å². The van der Waals surface area contributed by atoms with Gasteiger partial charge in [0.1, 0.15) is 0 Å². The molecule has 0 saturated carbocycles. The first-order valence-corrected chi connectivity index (χ1v) is 8.82. The lowest BCUT2D eigenvalue weighted by Gasteiger charge is -2.24. The molecule has 6 heteroatoms. The van der Waals surface area contributed by atoms with Gasteiger partial charge in [-0.15, -0.1) is 0 Å². The van der Waals surface area contributed by atoms with Crippen LogP contribution in [0.2, 0.25) is 0 Å². The minimum Gasteiger partial charge on any atom is -0.276 e. The SMILES string of the molecule is Cc1c(C)c(C(=O)Cl)c(C(=O)Cl)c2c1Sc1ccccc1S2. The molecule has 0 radical (unpaired) electrons. The minimum absolute atomic E-state index is 0.213. The lowest BCUT2D eigenvalue weighted by molar-refractivity contribution is 0.104. The average molecular weight is 369 g/mol. The van der Waals surface area contributed by atoms with Crippen LogP contribution in [0, 0.1) is 13.8 Å². The number of rotatable bonds is 2. The molecule has 22 heavy (non-hydrogen) atoms. The Bertz CT molecular complexity index is 831. The molecule has 3 rings (SSSR count). The van der Waals surface area contributed by atoms with Gasteiger partial charge in [0.2, 0.25) is 0 Å². The van der Waals surface area contributed by atoms with Crippen molar-refractivity contribution in [1.82, 2.24) is 0 Å². The van der Waals surface area contributed by atoms with Crippen LogP contribution in [0.1, 0.15) is 31.8 Å². The third-order valence-electron chi connectivity index (χ3n) is 3.63. The topological polar surface area (TPSA) is 34.1 Å². The molecular formula is C16H10Cl2O2S2. The van der Waals surface area contributed by atoms with Crippen LogP contribution >= 0.6 is 46.7 Å². The fourth-order valence-electron chi connectivity index (χ4n) is 2.43. The van der Waals surface area contributed by atoms with Gasteiger partial charge in [-0.25, -0.2) is 0 Å². The van der Waals surface area contributed by atoms with E-state index in [1.165, 1.54) is 11.8 Å². The maximum atomic E-state index is 12.0. The second-order valence-electron chi connectivity index (χ2n) is 4.86. The molecule has 0 fully saturated rings. The Balaban J connectivity index is 2.35. The van der Waals surface area contributed by atoms with Crippen LogP contribution in [0.15, 0.2) is 43.8 Å². The van der Waals surface area contributed by atoms with Gasteiger partial charge in [-0.1, -0.05) is 35.7 Å². The van der Waals surface area contributed by atoms with Crippen LogP contribution < -0.4 is 0 Å². The van der Waals surface area contributed by atoms with Gasteiger partial charge < -0.3 is 0 Å². The summed E-state index contributed by atoms with van der Waals surface area (Å²) < 4.78 is 0. The molecule has 2 aromatic carbocycles. The minimum atomic E-state index is -0.657. The summed E-state index contributed by atoms with van der Waals surface area (Å²) in [5.41, 5.74) is 2.08. The highest BCUT2D eigenvalue weighted by Crippen LogP contribution is 2.52. The van der Waals surface area contributed by atoms with Crippen LogP contribution in [0.5, 0.6) is 0 Å². The first-order chi connectivity index (χ1) is 10.4. The number of hydrogen-bond acceptors (Lipinski definition) is 4. The molecular weight excluding hydrogens is 359 g/mol. The molecule has 0 bridgehead atoms. The molecule has 1 aliphatic heterocycles. The van der Waals surface area contributed by atoms with E-state index in [1.54, 1.807) is 18.7 Å². The normalized spacial score (nSPS) is 12.5. The van der Waals surface area contributed by atoms with Crippen molar-refractivity contribution in [2.75, 3.05) is 0 Å². The highest BCUT2D eigenvalue weighted by atomic mass is 35.5. The molecule has 2 nitrogen and oxygen atoms in total. The molecule has 0 N–H and O–H groups in total. The average Bonchev–Trinajstić information content (AvgIpc) is 2.48. The fraction of sp³-hybridized carbons (Fsp3) is 0.125. The van der Waals surface area contributed by atoms with E-state index in [-0.39, 0.29) is 11.1 Å². The molecule has 1 aliphatic rings. The van der Waals surface area contributed by atoms with E-state index in [2.05, 4.69) is 0 Å². The Hall–Kier alpha value is -0.940. The Kier molecular flexibility index (Phi) is 4.29. The lowest BCUT2D eigenvalue weighted by atomic mass is 9.98. The molecule has 0 aromatic heterocycles. The fourth-order valence-corrected chi connectivity index (χ4v) is 5.53. The summed E-state index contributed by atoms with van der Waals surface area (Å²) in [6, 6.07) is 7.93. The van der Waals surface area contributed by atoms with E-state index < -0.39 is 10.5 Å². The number of carbonyl (C=O) groups excluding carboxylic acids is 2. The van der Waals surface area contributed by atoms with Crippen LogP contribution in [0.25, 0.3) is 0 Å². The first kappa shape index (κ1) is 15.9. The standard InChI is InChI=1S/C16H10Cl2O2S2/c1-7-8(2)13-14(12(16(18)20)11(7)15(17)19)22-10-6-4-3-5-9(10)21-13/h3-6H,1-2H3. The molecule has 2 aromatic rings. The lowest BCUT2D eigenvalue weighted by Crippen LogP contribution is -2.10. The molecule has 0 amide bonds. The van der Waals surface area contributed by atoms with Crippen LogP contribution in [-0.2, 0) is 0 Å². The van der Waals surface area contributed by atoms with Crippen LogP contribution in [0.3, 0.4) is 0 Å². The van der Waals surface area contributed by atoms with Gasteiger partial charge in [-0.05, 0) is 60.3 Å². The molecule has 112 valence electrons. The highest BCUT2D eigenvalue weighted by molar-refractivity contribution is 8.05. The number of halogens is 2. The number of benzene rings is 2. The van der Waals surface area contributed by atoms with Crippen molar-refractivity contribution in [2.45, 2.75) is 33.4 Å². The van der Waals surface area contributed by atoms with Gasteiger partial charge in [0.25, 0.3) is 10.5 Å². The smallest absolute Gasteiger partial charge is 0.254 e. The summed E-state index contributed by atoms with van der Waals surface area (Å²) in [5.74, 6) is 0. The third kappa shape index (κ3) is 2.48. The number of carbonyl (C=O) groups is 2. The maximum absolute atomic E-state index is 12.0. The summed E-state index contributed by atoms with van der Waals surface area (Å²) in [6.07, 6.45) is 0. The van der Waals surface area contributed by atoms with E-state index in [1.807, 2.05) is 31.2 Å². The maximum Gasteiger partial charge on any atom is 0.254 e. The van der Waals surface area contributed by atoms with Gasteiger partial charge >= 0.3 is 0 Å². The van der Waals surface area contributed by atoms with Gasteiger partial charge in [0.15, 0.2) is 0 Å². The zero-order valence-electron chi connectivity index (χ0n) is 11.7. The van der Waals surface area contributed by atoms with Crippen molar-refractivity contribution in [3.63, 3.8) is 0 Å². The number of fused-ring (bicyclic) bond motifs is 2. The second-order valence-corrected chi connectivity index (χ2v) is 7.65. The largest absolute Gasteiger partial charge is 0.276 e. The molecule has 0 atom stereocenters. The zero-order valence-corrected chi connectivity index (χ0v) is 14.8.